The van der Waals surface area contributed by atoms with Gasteiger partial charge < -0.3 is 10.6 Å². The van der Waals surface area contributed by atoms with Crippen LogP contribution in [0.25, 0.3) is 0 Å². The van der Waals surface area contributed by atoms with Crippen molar-refractivity contribution in [3.8, 4) is 0 Å². The average Bonchev–Trinajstić information content (AvgIpc) is 2.44. The number of nitrogens with one attached hydrogen (secondary N) is 2. The van der Waals surface area contributed by atoms with Crippen LogP contribution >= 0.6 is 28.3 Å². The molecule has 2 N–H and O–H groups in total. The molecule has 1 aromatic carbocycles. The summed E-state index contributed by atoms with van der Waals surface area (Å²) in [5, 5.41) is 6.34. The SMILES string of the molecule is CCN[C@H](C)CNC(=O)C(CC)Cc1ccccc1Br.Cl. The highest BCUT2D eigenvalue weighted by atomic mass is 79.9. The van der Waals surface area contributed by atoms with Gasteiger partial charge in [-0.15, -0.1) is 12.4 Å². The summed E-state index contributed by atoms with van der Waals surface area (Å²) < 4.78 is 1.08. The smallest absolute Gasteiger partial charge is 0.223 e. The Morgan fingerprint density at radius 1 is 1.29 bits per heavy atom. The average molecular weight is 378 g/mol. The van der Waals surface area contributed by atoms with Crippen molar-refractivity contribution in [1.29, 1.82) is 0 Å². The molecule has 0 spiro atoms. The third-order valence-electron chi connectivity index (χ3n) is 3.42. The van der Waals surface area contributed by atoms with E-state index in [1.165, 1.54) is 5.56 Å². The molecular formula is C16H26BrClN2O. The standard InChI is InChI=1S/C16H25BrN2O.ClH/c1-4-13(10-14-8-6-7-9-15(14)17)16(20)19-11-12(3)18-5-2;/h6-9,12-13,18H,4-5,10-11H2,1-3H3,(H,19,20);1H/t12-,13?;/m1./s1. The lowest BCUT2D eigenvalue weighted by Gasteiger charge is -2.18. The zero-order valence-corrected chi connectivity index (χ0v) is 15.4. The van der Waals surface area contributed by atoms with Crippen LogP contribution in [0, 0.1) is 5.92 Å². The lowest BCUT2D eigenvalue weighted by molar-refractivity contribution is -0.125. The fourth-order valence-electron chi connectivity index (χ4n) is 2.17. The second kappa shape index (κ2) is 11.0. The number of hydrogen-bond acceptors (Lipinski definition) is 2. The molecule has 1 aromatic rings. The molecule has 2 atom stereocenters. The van der Waals surface area contributed by atoms with Gasteiger partial charge in [-0.05, 0) is 37.9 Å². The molecule has 1 unspecified atom stereocenters. The summed E-state index contributed by atoms with van der Waals surface area (Å²) in [5.74, 6) is 0.176. The van der Waals surface area contributed by atoms with Crippen LogP contribution in [0.4, 0.5) is 0 Å². The van der Waals surface area contributed by atoms with E-state index in [4.69, 9.17) is 0 Å². The Morgan fingerprint density at radius 2 is 1.95 bits per heavy atom. The summed E-state index contributed by atoms with van der Waals surface area (Å²) in [6.07, 6.45) is 1.63. The van der Waals surface area contributed by atoms with Crippen molar-refractivity contribution in [2.75, 3.05) is 13.1 Å². The second-order valence-corrected chi connectivity index (χ2v) is 5.96. The Bertz CT molecular complexity index is 428. The van der Waals surface area contributed by atoms with Crippen molar-refractivity contribution < 1.29 is 4.79 Å². The largest absolute Gasteiger partial charge is 0.354 e. The number of carbonyl (C=O) groups is 1. The maximum absolute atomic E-state index is 12.2. The third-order valence-corrected chi connectivity index (χ3v) is 4.20. The maximum atomic E-state index is 12.2. The molecule has 0 heterocycles. The quantitative estimate of drug-likeness (QED) is 0.727. The van der Waals surface area contributed by atoms with Crippen LogP contribution in [-0.4, -0.2) is 25.0 Å². The number of benzene rings is 1. The minimum atomic E-state index is 0. The Balaban J connectivity index is 0.00000400. The number of amides is 1. The van der Waals surface area contributed by atoms with Crippen molar-refractivity contribution >= 4 is 34.2 Å². The van der Waals surface area contributed by atoms with Gasteiger partial charge in [-0.25, -0.2) is 0 Å². The number of likely N-dealkylation sites (N-methyl/N-ethyl adjacent to an activating group) is 1. The first kappa shape index (κ1) is 20.4. The Hall–Kier alpha value is -0.580. The Morgan fingerprint density at radius 3 is 2.52 bits per heavy atom. The van der Waals surface area contributed by atoms with Crippen LogP contribution < -0.4 is 10.6 Å². The number of halogens is 2. The molecule has 1 rings (SSSR count). The molecule has 0 saturated heterocycles. The molecule has 1 amide bonds. The highest BCUT2D eigenvalue weighted by Gasteiger charge is 2.18. The van der Waals surface area contributed by atoms with Gasteiger partial charge in [0.1, 0.15) is 0 Å². The first-order valence-corrected chi connectivity index (χ1v) is 8.12. The van der Waals surface area contributed by atoms with E-state index in [1.54, 1.807) is 0 Å². The van der Waals surface area contributed by atoms with Crippen LogP contribution in [0.1, 0.15) is 32.8 Å². The van der Waals surface area contributed by atoms with E-state index < -0.39 is 0 Å². The minimum absolute atomic E-state index is 0. The lowest BCUT2D eigenvalue weighted by atomic mass is 9.96. The van der Waals surface area contributed by atoms with Gasteiger partial charge in [0.05, 0.1) is 0 Å². The van der Waals surface area contributed by atoms with Crippen LogP contribution in [-0.2, 0) is 11.2 Å². The summed E-state index contributed by atoms with van der Waals surface area (Å²) in [4.78, 5) is 12.2. The summed E-state index contributed by atoms with van der Waals surface area (Å²) in [7, 11) is 0. The lowest BCUT2D eigenvalue weighted by Crippen LogP contribution is -2.41. The second-order valence-electron chi connectivity index (χ2n) is 5.10. The highest BCUT2D eigenvalue weighted by Crippen LogP contribution is 2.21. The molecule has 0 aromatic heterocycles. The van der Waals surface area contributed by atoms with E-state index in [1.807, 2.05) is 18.2 Å². The minimum Gasteiger partial charge on any atom is -0.354 e. The Kier molecular flexibility index (Phi) is 10.7. The van der Waals surface area contributed by atoms with Crippen molar-refractivity contribution in [3.63, 3.8) is 0 Å². The van der Waals surface area contributed by atoms with Crippen LogP contribution in [0.5, 0.6) is 0 Å². The molecular weight excluding hydrogens is 352 g/mol. The molecule has 0 saturated carbocycles. The van der Waals surface area contributed by atoms with Gasteiger partial charge in [-0.2, -0.15) is 0 Å². The monoisotopic (exact) mass is 376 g/mol. The van der Waals surface area contributed by atoms with E-state index in [-0.39, 0.29) is 24.2 Å². The van der Waals surface area contributed by atoms with E-state index in [9.17, 15) is 4.79 Å². The number of rotatable bonds is 8. The normalized spacial score (nSPS) is 13.1. The summed E-state index contributed by atoms with van der Waals surface area (Å²) in [6, 6.07) is 8.41. The topological polar surface area (TPSA) is 41.1 Å². The van der Waals surface area contributed by atoms with Gasteiger partial charge in [-0.3, -0.25) is 4.79 Å². The fraction of sp³-hybridized carbons (Fsp3) is 0.562. The van der Waals surface area contributed by atoms with E-state index >= 15 is 0 Å². The molecule has 120 valence electrons. The summed E-state index contributed by atoms with van der Waals surface area (Å²) >= 11 is 3.54. The van der Waals surface area contributed by atoms with Crippen molar-refractivity contribution in [1.82, 2.24) is 10.6 Å². The molecule has 21 heavy (non-hydrogen) atoms. The fourth-order valence-corrected chi connectivity index (χ4v) is 2.62. The highest BCUT2D eigenvalue weighted by molar-refractivity contribution is 9.10. The molecule has 0 bridgehead atoms. The molecule has 5 heteroatoms. The van der Waals surface area contributed by atoms with Crippen LogP contribution in [0.3, 0.4) is 0 Å². The zero-order valence-electron chi connectivity index (χ0n) is 13.0. The van der Waals surface area contributed by atoms with Crippen molar-refractivity contribution in [2.45, 2.75) is 39.7 Å². The van der Waals surface area contributed by atoms with Gasteiger partial charge in [0, 0.05) is 23.0 Å². The predicted molar refractivity (Wildman–Crippen MR) is 95.0 cm³/mol. The summed E-state index contributed by atoms with van der Waals surface area (Å²) in [6.45, 7) is 7.82. The van der Waals surface area contributed by atoms with Gasteiger partial charge in [0.25, 0.3) is 0 Å². The third kappa shape index (κ3) is 7.30. The molecule has 0 radical (unpaired) electrons. The molecule has 0 aliphatic heterocycles. The molecule has 3 nitrogen and oxygen atoms in total. The Labute approximate surface area is 142 Å². The molecule has 0 fully saturated rings. The maximum Gasteiger partial charge on any atom is 0.223 e. The van der Waals surface area contributed by atoms with E-state index in [0.29, 0.717) is 12.6 Å². The van der Waals surface area contributed by atoms with Crippen molar-refractivity contribution in [2.24, 2.45) is 5.92 Å². The van der Waals surface area contributed by atoms with Crippen molar-refractivity contribution in [3.05, 3.63) is 34.3 Å². The first-order chi connectivity index (χ1) is 9.58. The van der Waals surface area contributed by atoms with Gasteiger partial charge >= 0.3 is 0 Å². The van der Waals surface area contributed by atoms with Crippen LogP contribution in [0.15, 0.2) is 28.7 Å². The summed E-state index contributed by atoms with van der Waals surface area (Å²) in [5.41, 5.74) is 1.19. The zero-order chi connectivity index (χ0) is 15.0. The number of carbonyl (C=O) groups excluding carboxylic acids is 1. The van der Waals surface area contributed by atoms with E-state index in [0.717, 1.165) is 23.9 Å². The van der Waals surface area contributed by atoms with Gasteiger partial charge in [0.15, 0.2) is 0 Å². The number of hydrogen-bond donors (Lipinski definition) is 2. The predicted octanol–water partition coefficient (Wildman–Crippen LogP) is 3.55. The van der Waals surface area contributed by atoms with Gasteiger partial charge in [0.2, 0.25) is 5.91 Å². The molecule has 0 aliphatic carbocycles. The van der Waals surface area contributed by atoms with Crippen LogP contribution in [0.2, 0.25) is 0 Å². The molecule has 0 aliphatic rings. The first-order valence-electron chi connectivity index (χ1n) is 7.32. The van der Waals surface area contributed by atoms with Gasteiger partial charge in [-0.1, -0.05) is 48.0 Å². The van der Waals surface area contributed by atoms with E-state index in [2.05, 4.69) is 53.4 Å².